The lowest BCUT2D eigenvalue weighted by atomic mass is 10.2. The van der Waals surface area contributed by atoms with Crippen molar-refractivity contribution in [3.05, 3.63) is 29.8 Å². The summed E-state index contributed by atoms with van der Waals surface area (Å²) in [6.07, 6.45) is 4.03. The fourth-order valence-corrected chi connectivity index (χ4v) is 2.02. The van der Waals surface area contributed by atoms with Crippen molar-refractivity contribution in [2.75, 3.05) is 26.2 Å². The molecule has 92 valence electrons. The number of likely N-dealkylation sites (tertiary alicyclic amines) is 1. The molecule has 0 unspecified atom stereocenters. The van der Waals surface area contributed by atoms with E-state index in [1.54, 1.807) is 0 Å². The molecule has 17 heavy (non-hydrogen) atoms. The molecule has 0 atom stereocenters. The van der Waals surface area contributed by atoms with E-state index < -0.39 is 0 Å². The number of nitrogens with zero attached hydrogens (tertiary/aromatic N) is 2. The zero-order valence-electron chi connectivity index (χ0n) is 9.88. The van der Waals surface area contributed by atoms with Crippen molar-refractivity contribution in [3.63, 3.8) is 0 Å². The molecule has 0 radical (unpaired) electrons. The van der Waals surface area contributed by atoms with Gasteiger partial charge in [0.05, 0.1) is 6.21 Å². The molecule has 0 amide bonds. The first kappa shape index (κ1) is 11.9. The van der Waals surface area contributed by atoms with E-state index in [1.165, 1.54) is 32.1 Å². The first-order valence-corrected chi connectivity index (χ1v) is 6.01. The molecule has 2 rings (SSSR count). The van der Waals surface area contributed by atoms with Crippen molar-refractivity contribution in [1.29, 1.82) is 0 Å². The normalized spacial score (nSPS) is 16.7. The monoisotopic (exact) mass is 234 g/mol. The van der Waals surface area contributed by atoms with Crippen LogP contribution >= 0.6 is 0 Å². The maximum atomic E-state index is 8.38. The number of oxime groups is 1. The predicted octanol–water partition coefficient (Wildman–Crippen LogP) is 1.97. The molecule has 1 aliphatic heterocycles. The Morgan fingerprint density at radius 1 is 1.24 bits per heavy atom. The maximum absolute atomic E-state index is 8.38. The van der Waals surface area contributed by atoms with Crippen LogP contribution in [0.3, 0.4) is 0 Å². The minimum Gasteiger partial charge on any atom is -0.492 e. The van der Waals surface area contributed by atoms with Crippen LogP contribution in [0.15, 0.2) is 29.4 Å². The molecule has 0 aliphatic carbocycles. The smallest absolute Gasteiger partial charge is 0.119 e. The summed E-state index contributed by atoms with van der Waals surface area (Å²) in [5.74, 6) is 0.860. The third kappa shape index (κ3) is 3.75. The van der Waals surface area contributed by atoms with Gasteiger partial charge in [0, 0.05) is 6.54 Å². The highest BCUT2D eigenvalue weighted by Crippen LogP contribution is 2.12. The Hall–Kier alpha value is -1.55. The largest absolute Gasteiger partial charge is 0.492 e. The number of benzene rings is 1. The molecule has 0 saturated carbocycles. The number of rotatable bonds is 5. The summed E-state index contributed by atoms with van der Waals surface area (Å²) >= 11 is 0. The second-order valence-electron chi connectivity index (χ2n) is 4.21. The summed E-state index contributed by atoms with van der Waals surface area (Å²) in [4.78, 5) is 2.42. The summed E-state index contributed by atoms with van der Waals surface area (Å²) < 4.78 is 5.65. The van der Waals surface area contributed by atoms with Crippen molar-refractivity contribution < 1.29 is 9.94 Å². The van der Waals surface area contributed by atoms with Crippen LogP contribution in [0.4, 0.5) is 0 Å². The van der Waals surface area contributed by atoms with Crippen LogP contribution in [0, 0.1) is 0 Å². The highest BCUT2D eigenvalue weighted by atomic mass is 16.5. The van der Waals surface area contributed by atoms with Gasteiger partial charge in [0.2, 0.25) is 0 Å². The van der Waals surface area contributed by atoms with Crippen LogP contribution in [0.2, 0.25) is 0 Å². The van der Waals surface area contributed by atoms with Crippen molar-refractivity contribution in [2.45, 2.75) is 12.8 Å². The van der Waals surface area contributed by atoms with Crippen molar-refractivity contribution in [3.8, 4) is 5.75 Å². The minimum atomic E-state index is 0.730. The van der Waals surface area contributed by atoms with Crippen molar-refractivity contribution in [2.24, 2.45) is 5.16 Å². The fraction of sp³-hybridized carbons (Fsp3) is 0.462. The van der Waals surface area contributed by atoms with E-state index in [-0.39, 0.29) is 0 Å². The van der Waals surface area contributed by atoms with E-state index >= 15 is 0 Å². The molecular formula is C13H18N2O2. The van der Waals surface area contributed by atoms with Gasteiger partial charge in [-0.3, -0.25) is 4.90 Å². The Bertz CT molecular complexity index is 356. The van der Waals surface area contributed by atoms with Crippen LogP contribution in [0.1, 0.15) is 18.4 Å². The molecule has 1 aliphatic rings. The van der Waals surface area contributed by atoms with E-state index in [2.05, 4.69) is 10.1 Å². The Morgan fingerprint density at radius 3 is 2.59 bits per heavy atom. The third-order valence-corrected chi connectivity index (χ3v) is 2.96. The van der Waals surface area contributed by atoms with Gasteiger partial charge in [-0.15, -0.1) is 0 Å². The second kappa shape index (κ2) is 6.25. The molecule has 1 heterocycles. The van der Waals surface area contributed by atoms with Crippen LogP contribution in [0.5, 0.6) is 5.75 Å². The summed E-state index contributed by atoms with van der Waals surface area (Å²) in [6, 6.07) is 7.51. The lowest BCUT2D eigenvalue weighted by Gasteiger charge is -2.14. The van der Waals surface area contributed by atoms with Gasteiger partial charge in [0.15, 0.2) is 0 Å². The van der Waals surface area contributed by atoms with Crippen molar-refractivity contribution in [1.82, 2.24) is 4.90 Å². The van der Waals surface area contributed by atoms with Gasteiger partial charge >= 0.3 is 0 Å². The van der Waals surface area contributed by atoms with Crippen LogP contribution in [0.25, 0.3) is 0 Å². The quantitative estimate of drug-likeness (QED) is 0.481. The first-order valence-electron chi connectivity index (χ1n) is 6.01. The molecule has 0 spiro atoms. The molecule has 4 nitrogen and oxygen atoms in total. The Labute approximate surface area is 101 Å². The van der Waals surface area contributed by atoms with Gasteiger partial charge in [-0.1, -0.05) is 5.16 Å². The molecule has 1 N–H and O–H groups in total. The topological polar surface area (TPSA) is 45.1 Å². The van der Waals surface area contributed by atoms with Gasteiger partial charge in [0.1, 0.15) is 12.4 Å². The average Bonchev–Trinajstić information content (AvgIpc) is 2.85. The minimum absolute atomic E-state index is 0.730. The van der Waals surface area contributed by atoms with E-state index in [9.17, 15) is 0 Å². The second-order valence-corrected chi connectivity index (χ2v) is 4.21. The summed E-state index contributed by atoms with van der Waals surface area (Å²) in [5.41, 5.74) is 0.861. The van der Waals surface area contributed by atoms with Gasteiger partial charge < -0.3 is 9.94 Å². The zero-order chi connectivity index (χ0) is 11.9. The Kier molecular flexibility index (Phi) is 4.38. The average molecular weight is 234 g/mol. The highest BCUT2D eigenvalue weighted by Gasteiger charge is 2.10. The van der Waals surface area contributed by atoms with E-state index in [1.807, 2.05) is 24.3 Å². The fourth-order valence-electron chi connectivity index (χ4n) is 2.02. The molecular weight excluding hydrogens is 216 g/mol. The summed E-state index contributed by atoms with van der Waals surface area (Å²) in [6.45, 7) is 4.14. The predicted molar refractivity (Wildman–Crippen MR) is 67.0 cm³/mol. The molecule has 1 aromatic rings. The summed E-state index contributed by atoms with van der Waals surface area (Å²) in [7, 11) is 0. The van der Waals surface area contributed by atoms with Crippen LogP contribution in [-0.4, -0.2) is 42.6 Å². The van der Waals surface area contributed by atoms with Gasteiger partial charge in [-0.2, -0.15) is 0 Å². The first-order chi connectivity index (χ1) is 8.38. The molecule has 1 fully saturated rings. The van der Waals surface area contributed by atoms with Gasteiger partial charge in [-0.25, -0.2) is 0 Å². The van der Waals surface area contributed by atoms with E-state index in [0.29, 0.717) is 0 Å². The number of ether oxygens (including phenoxy) is 1. The maximum Gasteiger partial charge on any atom is 0.119 e. The standard InChI is InChI=1S/C13H18N2O2/c16-14-11-12-3-5-13(6-4-12)17-10-9-15-7-1-2-8-15/h3-6,11,16H,1-2,7-10H2. The molecule has 0 aromatic heterocycles. The Balaban J connectivity index is 1.74. The van der Waals surface area contributed by atoms with Gasteiger partial charge in [-0.05, 0) is 55.8 Å². The van der Waals surface area contributed by atoms with E-state index in [4.69, 9.17) is 9.94 Å². The highest BCUT2D eigenvalue weighted by molar-refractivity contribution is 5.79. The number of hydrogen-bond acceptors (Lipinski definition) is 4. The molecule has 0 bridgehead atoms. The third-order valence-electron chi connectivity index (χ3n) is 2.96. The molecule has 1 saturated heterocycles. The van der Waals surface area contributed by atoms with Gasteiger partial charge in [0.25, 0.3) is 0 Å². The SMILES string of the molecule is ON=Cc1ccc(OCCN2CCCC2)cc1. The van der Waals surface area contributed by atoms with Crippen LogP contribution in [-0.2, 0) is 0 Å². The van der Waals surface area contributed by atoms with Crippen molar-refractivity contribution >= 4 is 6.21 Å². The Morgan fingerprint density at radius 2 is 1.94 bits per heavy atom. The lowest BCUT2D eigenvalue weighted by Crippen LogP contribution is -2.25. The molecule has 4 heteroatoms. The van der Waals surface area contributed by atoms with E-state index in [0.717, 1.165) is 24.5 Å². The molecule has 1 aromatic carbocycles. The number of hydrogen-bond donors (Lipinski definition) is 1. The van der Waals surface area contributed by atoms with Crippen LogP contribution < -0.4 is 4.74 Å². The zero-order valence-corrected chi connectivity index (χ0v) is 9.88. The summed E-state index contributed by atoms with van der Waals surface area (Å²) in [5, 5.41) is 11.4. The lowest BCUT2D eigenvalue weighted by molar-refractivity contribution is 0.238.